The summed E-state index contributed by atoms with van der Waals surface area (Å²) >= 11 is 0. The molecule has 5 heteroatoms. The van der Waals surface area contributed by atoms with Crippen LogP contribution in [0.2, 0.25) is 0 Å². The summed E-state index contributed by atoms with van der Waals surface area (Å²) in [4.78, 5) is 23.0. The zero-order valence-corrected chi connectivity index (χ0v) is 9.08. The van der Waals surface area contributed by atoms with Gasteiger partial charge >= 0.3 is 0 Å². The van der Waals surface area contributed by atoms with Crippen molar-refractivity contribution >= 4 is 11.8 Å². The molecule has 2 rings (SSSR count). The summed E-state index contributed by atoms with van der Waals surface area (Å²) in [6, 6.07) is 2.35. The predicted octanol–water partition coefficient (Wildman–Crippen LogP) is 0.0751. The zero-order valence-electron chi connectivity index (χ0n) is 9.08. The first-order valence-corrected chi connectivity index (χ1v) is 5.65. The van der Waals surface area contributed by atoms with E-state index >= 15 is 0 Å². The third-order valence-electron chi connectivity index (χ3n) is 3.21. The van der Waals surface area contributed by atoms with Crippen molar-refractivity contribution in [3.63, 3.8) is 0 Å². The Morgan fingerprint density at radius 1 is 1.38 bits per heavy atom. The normalized spacial score (nSPS) is 21.4. The Bertz CT molecular complexity index is 351. The monoisotopic (exact) mass is 221 g/mol. The van der Waals surface area contributed by atoms with Gasteiger partial charge in [0.1, 0.15) is 5.41 Å². The van der Waals surface area contributed by atoms with Crippen LogP contribution in [0.3, 0.4) is 0 Å². The summed E-state index contributed by atoms with van der Waals surface area (Å²) in [5.74, 6) is -0.463. The van der Waals surface area contributed by atoms with E-state index in [0.29, 0.717) is 18.9 Å². The molecule has 0 bridgehead atoms. The molecule has 0 atom stereocenters. The van der Waals surface area contributed by atoms with E-state index in [1.165, 1.54) is 0 Å². The van der Waals surface area contributed by atoms with Gasteiger partial charge in [0, 0.05) is 6.04 Å². The van der Waals surface area contributed by atoms with E-state index in [4.69, 9.17) is 5.26 Å². The van der Waals surface area contributed by atoms with Gasteiger partial charge in [-0.3, -0.25) is 9.59 Å². The second-order valence-corrected chi connectivity index (χ2v) is 4.57. The zero-order chi connectivity index (χ0) is 11.6. The van der Waals surface area contributed by atoms with E-state index < -0.39 is 5.41 Å². The minimum absolute atomic E-state index is 0.0151. The standard InChI is InChI=1S/C11H15N3O2/c12-7-11(4-1-5-11)10(16)13-6-9(15)14-8-2-3-8/h8H,1-6H2,(H,13,16)(H,14,15). The van der Waals surface area contributed by atoms with Crippen molar-refractivity contribution < 1.29 is 9.59 Å². The topological polar surface area (TPSA) is 82.0 Å². The maximum Gasteiger partial charge on any atom is 0.240 e. The molecule has 2 aliphatic rings. The Kier molecular flexibility index (Phi) is 2.82. The van der Waals surface area contributed by atoms with Gasteiger partial charge in [0.15, 0.2) is 0 Å². The molecule has 0 aromatic heterocycles. The number of hydrogen-bond donors (Lipinski definition) is 2. The second-order valence-electron chi connectivity index (χ2n) is 4.57. The number of carbonyl (C=O) groups is 2. The van der Waals surface area contributed by atoms with Crippen LogP contribution in [0.1, 0.15) is 32.1 Å². The predicted molar refractivity (Wildman–Crippen MR) is 56.1 cm³/mol. The maximum atomic E-state index is 11.7. The molecular weight excluding hydrogens is 206 g/mol. The number of nitrogens with one attached hydrogen (secondary N) is 2. The third-order valence-corrected chi connectivity index (χ3v) is 3.21. The van der Waals surface area contributed by atoms with Gasteiger partial charge in [0.05, 0.1) is 12.6 Å². The molecule has 2 saturated carbocycles. The molecule has 0 heterocycles. The number of hydrogen-bond acceptors (Lipinski definition) is 3. The molecule has 2 aliphatic carbocycles. The van der Waals surface area contributed by atoms with Crippen LogP contribution in [0.5, 0.6) is 0 Å². The summed E-state index contributed by atoms with van der Waals surface area (Å²) in [5, 5.41) is 14.2. The van der Waals surface area contributed by atoms with Crippen LogP contribution in [0, 0.1) is 16.7 Å². The van der Waals surface area contributed by atoms with E-state index in [9.17, 15) is 9.59 Å². The second kappa shape index (κ2) is 4.12. The molecule has 2 amide bonds. The molecule has 0 radical (unpaired) electrons. The van der Waals surface area contributed by atoms with Gasteiger partial charge in [-0.15, -0.1) is 0 Å². The lowest BCUT2D eigenvalue weighted by Crippen LogP contribution is -2.47. The third kappa shape index (κ3) is 2.16. The first-order valence-electron chi connectivity index (χ1n) is 5.65. The molecule has 0 saturated heterocycles. The van der Waals surface area contributed by atoms with E-state index in [1.807, 2.05) is 6.07 Å². The molecule has 0 spiro atoms. The van der Waals surface area contributed by atoms with Crippen molar-refractivity contribution in [2.24, 2.45) is 5.41 Å². The fraction of sp³-hybridized carbons (Fsp3) is 0.727. The first-order chi connectivity index (χ1) is 7.66. The summed E-state index contributed by atoms with van der Waals surface area (Å²) in [7, 11) is 0. The summed E-state index contributed by atoms with van der Waals surface area (Å²) in [6.07, 6.45) is 4.19. The molecule has 5 nitrogen and oxygen atoms in total. The minimum atomic E-state index is -0.861. The van der Waals surface area contributed by atoms with Crippen molar-refractivity contribution in [2.45, 2.75) is 38.1 Å². The van der Waals surface area contributed by atoms with Gasteiger partial charge in [-0.05, 0) is 32.1 Å². The molecule has 0 aromatic carbocycles. The SMILES string of the molecule is N#CC1(C(=O)NCC(=O)NC2CC2)CCC1. The fourth-order valence-corrected chi connectivity index (χ4v) is 1.76. The van der Waals surface area contributed by atoms with Crippen molar-refractivity contribution in [3.05, 3.63) is 0 Å². The molecular formula is C11H15N3O2. The average molecular weight is 221 g/mol. The highest BCUT2D eigenvalue weighted by Crippen LogP contribution is 2.40. The Labute approximate surface area is 94.2 Å². The Hall–Kier alpha value is -1.57. The fourth-order valence-electron chi connectivity index (χ4n) is 1.76. The molecule has 16 heavy (non-hydrogen) atoms. The van der Waals surface area contributed by atoms with Crippen molar-refractivity contribution in [2.75, 3.05) is 6.54 Å². The van der Waals surface area contributed by atoms with Gasteiger partial charge in [-0.1, -0.05) is 0 Å². The van der Waals surface area contributed by atoms with Crippen LogP contribution >= 0.6 is 0 Å². The number of nitrogens with zero attached hydrogens (tertiary/aromatic N) is 1. The molecule has 0 aliphatic heterocycles. The largest absolute Gasteiger partial charge is 0.352 e. The molecule has 0 aromatic rings. The van der Waals surface area contributed by atoms with E-state index in [-0.39, 0.29) is 18.4 Å². The van der Waals surface area contributed by atoms with Crippen LogP contribution in [-0.2, 0) is 9.59 Å². The number of nitriles is 1. The van der Waals surface area contributed by atoms with Gasteiger partial charge in [-0.25, -0.2) is 0 Å². The van der Waals surface area contributed by atoms with Crippen LogP contribution in [0.15, 0.2) is 0 Å². The summed E-state index contributed by atoms with van der Waals surface area (Å²) < 4.78 is 0. The maximum absolute atomic E-state index is 11.7. The lowest BCUT2D eigenvalue weighted by atomic mass is 9.69. The van der Waals surface area contributed by atoms with Gasteiger partial charge in [0.25, 0.3) is 0 Å². The quantitative estimate of drug-likeness (QED) is 0.705. The number of amides is 2. The number of rotatable bonds is 4. The lowest BCUT2D eigenvalue weighted by Gasteiger charge is -2.33. The van der Waals surface area contributed by atoms with Crippen LogP contribution in [-0.4, -0.2) is 24.4 Å². The van der Waals surface area contributed by atoms with Crippen molar-refractivity contribution in [3.8, 4) is 6.07 Å². The molecule has 86 valence electrons. The van der Waals surface area contributed by atoms with Gasteiger partial charge in [-0.2, -0.15) is 5.26 Å². The van der Waals surface area contributed by atoms with Crippen LogP contribution < -0.4 is 10.6 Å². The number of carbonyl (C=O) groups excluding carboxylic acids is 2. The first kappa shape index (κ1) is 10.9. The van der Waals surface area contributed by atoms with Crippen LogP contribution in [0.4, 0.5) is 0 Å². The highest BCUT2D eigenvalue weighted by Gasteiger charge is 2.44. The Balaban J connectivity index is 1.74. The van der Waals surface area contributed by atoms with Crippen LogP contribution in [0.25, 0.3) is 0 Å². The summed E-state index contributed by atoms with van der Waals surface area (Å²) in [5.41, 5.74) is -0.861. The Morgan fingerprint density at radius 2 is 2.06 bits per heavy atom. The highest BCUT2D eigenvalue weighted by molar-refractivity contribution is 5.90. The molecule has 2 fully saturated rings. The molecule has 2 N–H and O–H groups in total. The van der Waals surface area contributed by atoms with Crippen molar-refractivity contribution in [1.82, 2.24) is 10.6 Å². The molecule has 0 unspecified atom stereocenters. The lowest BCUT2D eigenvalue weighted by molar-refractivity contribution is -0.133. The Morgan fingerprint density at radius 3 is 2.50 bits per heavy atom. The van der Waals surface area contributed by atoms with Crippen molar-refractivity contribution in [1.29, 1.82) is 5.26 Å². The summed E-state index contributed by atoms with van der Waals surface area (Å²) in [6.45, 7) is -0.0151. The van der Waals surface area contributed by atoms with Gasteiger partial charge < -0.3 is 10.6 Å². The van der Waals surface area contributed by atoms with E-state index in [1.54, 1.807) is 0 Å². The van der Waals surface area contributed by atoms with Gasteiger partial charge in [0.2, 0.25) is 11.8 Å². The smallest absolute Gasteiger partial charge is 0.240 e. The average Bonchev–Trinajstić information content (AvgIpc) is 2.98. The van der Waals surface area contributed by atoms with E-state index in [2.05, 4.69) is 10.6 Å². The highest BCUT2D eigenvalue weighted by atomic mass is 16.2. The minimum Gasteiger partial charge on any atom is -0.352 e. The van der Waals surface area contributed by atoms with E-state index in [0.717, 1.165) is 19.3 Å².